The SMILES string of the molecule is CSC(C)(C)CNS(=O)(=O)c1ccc2nc(N)ccc2c1. The van der Waals surface area contributed by atoms with Gasteiger partial charge >= 0.3 is 0 Å². The molecule has 2 aromatic rings. The Morgan fingerprint density at radius 1 is 1.29 bits per heavy atom. The Morgan fingerprint density at radius 2 is 2.00 bits per heavy atom. The summed E-state index contributed by atoms with van der Waals surface area (Å²) in [4.78, 5) is 4.39. The third-order valence-corrected chi connectivity index (χ3v) is 5.88. The maximum absolute atomic E-state index is 12.3. The van der Waals surface area contributed by atoms with Gasteiger partial charge in [0.25, 0.3) is 0 Å². The highest BCUT2D eigenvalue weighted by Crippen LogP contribution is 2.22. The summed E-state index contributed by atoms with van der Waals surface area (Å²) in [6.07, 6.45) is 1.96. The van der Waals surface area contributed by atoms with E-state index in [1.54, 1.807) is 42.1 Å². The van der Waals surface area contributed by atoms with Gasteiger partial charge in [-0.15, -0.1) is 0 Å². The number of rotatable bonds is 5. The van der Waals surface area contributed by atoms with Gasteiger partial charge in [-0.25, -0.2) is 18.1 Å². The van der Waals surface area contributed by atoms with Crippen molar-refractivity contribution < 1.29 is 8.42 Å². The van der Waals surface area contributed by atoms with Crippen molar-refractivity contribution in [1.29, 1.82) is 0 Å². The van der Waals surface area contributed by atoms with Crippen LogP contribution in [0.3, 0.4) is 0 Å². The lowest BCUT2D eigenvalue weighted by Gasteiger charge is -2.22. The zero-order chi connectivity index (χ0) is 15.7. The molecule has 0 fully saturated rings. The topological polar surface area (TPSA) is 85.1 Å². The molecule has 7 heteroatoms. The summed E-state index contributed by atoms with van der Waals surface area (Å²) >= 11 is 1.62. The van der Waals surface area contributed by atoms with Crippen LogP contribution in [-0.2, 0) is 10.0 Å². The number of benzene rings is 1. The van der Waals surface area contributed by atoms with Crippen LogP contribution in [0.1, 0.15) is 13.8 Å². The monoisotopic (exact) mass is 325 g/mol. The minimum absolute atomic E-state index is 0.153. The molecule has 0 amide bonds. The molecule has 1 aromatic heterocycles. The van der Waals surface area contributed by atoms with Crippen molar-refractivity contribution in [1.82, 2.24) is 9.71 Å². The second-order valence-electron chi connectivity index (χ2n) is 5.38. The van der Waals surface area contributed by atoms with E-state index in [0.29, 0.717) is 17.9 Å². The molecule has 0 aliphatic heterocycles. The highest BCUT2D eigenvalue weighted by atomic mass is 32.2. The van der Waals surface area contributed by atoms with Gasteiger partial charge in [0.1, 0.15) is 5.82 Å². The van der Waals surface area contributed by atoms with Crippen LogP contribution < -0.4 is 10.5 Å². The minimum Gasteiger partial charge on any atom is -0.384 e. The molecule has 0 saturated carbocycles. The molecule has 3 N–H and O–H groups in total. The van der Waals surface area contributed by atoms with Crippen molar-refractivity contribution in [3.8, 4) is 0 Å². The first-order chi connectivity index (χ1) is 9.73. The van der Waals surface area contributed by atoms with Crippen LogP contribution in [0.15, 0.2) is 35.2 Å². The quantitative estimate of drug-likeness (QED) is 0.880. The molecule has 0 bridgehead atoms. The average molecular weight is 325 g/mol. The summed E-state index contributed by atoms with van der Waals surface area (Å²) < 4.78 is 27.2. The number of nitrogen functional groups attached to an aromatic ring is 1. The number of hydrogen-bond donors (Lipinski definition) is 2. The Kier molecular flexibility index (Phi) is 4.46. The summed E-state index contributed by atoms with van der Waals surface area (Å²) in [5.74, 6) is 0.415. The number of fused-ring (bicyclic) bond motifs is 1. The lowest BCUT2D eigenvalue weighted by molar-refractivity contribution is 0.571. The maximum atomic E-state index is 12.3. The van der Waals surface area contributed by atoms with Crippen LogP contribution in [0.25, 0.3) is 10.9 Å². The Labute approximate surface area is 129 Å². The molecular weight excluding hydrogens is 306 g/mol. The third kappa shape index (κ3) is 3.87. The van der Waals surface area contributed by atoms with Crippen molar-refractivity contribution >= 4 is 38.5 Å². The lowest BCUT2D eigenvalue weighted by Crippen LogP contribution is -2.36. The normalized spacial score (nSPS) is 12.7. The molecule has 0 aliphatic rings. The van der Waals surface area contributed by atoms with E-state index in [2.05, 4.69) is 9.71 Å². The Balaban J connectivity index is 2.30. The molecule has 0 spiro atoms. The van der Waals surface area contributed by atoms with Gasteiger partial charge in [0.05, 0.1) is 10.4 Å². The third-order valence-electron chi connectivity index (χ3n) is 3.23. The molecule has 114 valence electrons. The molecule has 5 nitrogen and oxygen atoms in total. The summed E-state index contributed by atoms with van der Waals surface area (Å²) in [7, 11) is -3.53. The first-order valence-corrected chi connectivity index (χ1v) is 9.15. The van der Waals surface area contributed by atoms with E-state index in [0.717, 1.165) is 5.39 Å². The van der Waals surface area contributed by atoms with Crippen molar-refractivity contribution in [3.63, 3.8) is 0 Å². The molecule has 21 heavy (non-hydrogen) atoms. The predicted molar refractivity (Wildman–Crippen MR) is 88.9 cm³/mol. The van der Waals surface area contributed by atoms with Crippen molar-refractivity contribution in [2.75, 3.05) is 18.5 Å². The van der Waals surface area contributed by atoms with Crippen LogP contribution in [-0.4, -0.2) is 30.9 Å². The Bertz CT molecular complexity index is 758. The van der Waals surface area contributed by atoms with Crippen molar-refractivity contribution in [3.05, 3.63) is 30.3 Å². The average Bonchev–Trinajstić information content (AvgIpc) is 2.45. The number of anilines is 1. The van der Waals surface area contributed by atoms with Gasteiger partial charge < -0.3 is 5.73 Å². The van der Waals surface area contributed by atoms with E-state index in [1.807, 2.05) is 20.1 Å². The molecule has 1 heterocycles. The smallest absolute Gasteiger partial charge is 0.240 e. The number of pyridine rings is 1. The van der Waals surface area contributed by atoms with Crippen molar-refractivity contribution in [2.24, 2.45) is 0 Å². The van der Waals surface area contributed by atoms with Gasteiger partial charge in [-0.05, 0) is 50.4 Å². The summed E-state index contributed by atoms with van der Waals surface area (Å²) in [6.45, 7) is 4.36. The number of hydrogen-bond acceptors (Lipinski definition) is 5. The number of nitrogens with zero attached hydrogens (tertiary/aromatic N) is 1. The minimum atomic E-state index is -3.53. The molecule has 2 rings (SSSR count). The van der Waals surface area contributed by atoms with E-state index < -0.39 is 10.0 Å². The fourth-order valence-electron chi connectivity index (χ4n) is 1.71. The molecule has 0 unspecified atom stereocenters. The molecule has 0 saturated heterocycles. The van der Waals surface area contributed by atoms with Crippen LogP contribution in [0.5, 0.6) is 0 Å². The largest absolute Gasteiger partial charge is 0.384 e. The van der Waals surface area contributed by atoms with Gasteiger partial charge in [-0.3, -0.25) is 0 Å². The van der Waals surface area contributed by atoms with E-state index in [4.69, 9.17) is 5.73 Å². The highest BCUT2D eigenvalue weighted by molar-refractivity contribution is 8.00. The maximum Gasteiger partial charge on any atom is 0.240 e. The Hall–Kier alpha value is -1.31. The van der Waals surface area contributed by atoms with Gasteiger partial charge in [0.2, 0.25) is 10.0 Å². The zero-order valence-corrected chi connectivity index (χ0v) is 13.9. The summed E-state index contributed by atoms with van der Waals surface area (Å²) in [6, 6.07) is 8.24. The molecule has 1 aromatic carbocycles. The second-order valence-corrected chi connectivity index (χ2v) is 8.66. The van der Waals surface area contributed by atoms with Crippen LogP contribution in [0.4, 0.5) is 5.82 Å². The molecule has 0 aliphatic carbocycles. The zero-order valence-electron chi connectivity index (χ0n) is 12.3. The van der Waals surface area contributed by atoms with Gasteiger partial charge in [-0.2, -0.15) is 11.8 Å². The van der Waals surface area contributed by atoms with E-state index in [9.17, 15) is 8.42 Å². The lowest BCUT2D eigenvalue weighted by atomic mass is 10.2. The number of nitrogens with one attached hydrogen (secondary N) is 1. The first-order valence-electron chi connectivity index (χ1n) is 6.45. The van der Waals surface area contributed by atoms with E-state index >= 15 is 0 Å². The van der Waals surface area contributed by atoms with E-state index in [-0.39, 0.29) is 9.64 Å². The van der Waals surface area contributed by atoms with Crippen molar-refractivity contribution in [2.45, 2.75) is 23.5 Å². The molecular formula is C14H19N3O2S2. The highest BCUT2D eigenvalue weighted by Gasteiger charge is 2.21. The number of sulfonamides is 1. The van der Waals surface area contributed by atoms with E-state index in [1.165, 1.54) is 0 Å². The van der Waals surface area contributed by atoms with Gasteiger partial charge in [-0.1, -0.05) is 0 Å². The van der Waals surface area contributed by atoms with Crippen LogP contribution in [0.2, 0.25) is 0 Å². The molecule has 0 radical (unpaired) electrons. The second kappa shape index (κ2) is 5.82. The van der Waals surface area contributed by atoms with Gasteiger partial charge in [0, 0.05) is 16.7 Å². The fourth-order valence-corrected chi connectivity index (χ4v) is 3.27. The number of nitrogens with two attached hydrogens (primary N) is 1. The summed E-state index contributed by atoms with van der Waals surface area (Å²) in [5.41, 5.74) is 6.29. The van der Waals surface area contributed by atoms with Crippen LogP contribution >= 0.6 is 11.8 Å². The number of thioether (sulfide) groups is 1. The standard InChI is InChI=1S/C14H19N3O2S2/c1-14(2,20-3)9-16-21(18,19)11-5-6-12-10(8-11)4-7-13(15)17-12/h4-8,16H,9H2,1-3H3,(H2,15,17). The first kappa shape index (κ1) is 16.1. The fraction of sp³-hybridized carbons (Fsp3) is 0.357. The van der Waals surface area contributed by atoms with Gasteiger partial charge in [0.15, 0.2) is 0 Å². The predicted octanol–water partition coefficient (Wildman–Crippen LogP) is 2.24. The van der Waals surface area contributed by atoms with Crippen LogP contribution in [0, 0.1) is 0 Å². The molecule has 0 atom stereocenters. The number of aromatic nitrogens is 1. The Morgan fingerprint density at radius 3 is 2.67 bits per heavy atom. The summed E-state index contributed by atoms with van der Waals surface area (Å²) in [5, 5.41) is 0.746.